The molecule has 0 bridgehead atoms. The molecule has 3 aliphatic rings. The van der Waals surface area contributed by atoms with Crippen molar-refractivity contribution >= 4 is 11.8 Å². The molecule has 12 heteroatoms. The smallest absolute Gasteiger partial charge is 0.310 e. The number of fused-ring (bicyclic) bond motifs is 3. The number of rotatable bonds is 6. The molecule has 0 saturated carbocycles. The van der Waals surface area contributed by atoms with Crippen LogP contribution in [0, 0.1) is 11.8 Å². The summed E-state index contributed by atoms with van der Waals surface area (Å²) < 4.78 is 29.4. The van der Waals surface area contributed by atoms with Crippen LogP contribution in [-0.4, -0.2) is 64.7 Å². The fourth-order valence-corrected chi connectivity index (χ4v) is 6.19. The molecular weight excluding hydrogens is 532 g/mol. The molecule has 4 aromatic rings. The second-order valence-electron chi connectivity index (χ2n) is 9.99. The molecule has 208 valence electrons. The van der Waals surface area contributed by atoms with Gasteiger partial charge in [-0.25, -0.2) is 4.68 Å². The first kappa shape index (κ1) is 24.9. The summed E-state index contributed by atoms with van der Waals surface area (Å²) in [5.41, 5.74) is 2.59. The van der Waals surface area contributed by atoms with Crippen LogP contribution in [-0.2, 0) is 9.53 Å². The van der Waals surface area contributed by atoms with Crippen LogP contribution in [0.3, 0.4) is 0 Å². The Morgan fingerprint density at radius 1 is 0.976 bits per heavy atom. The van der Waals surface area contributed by atoms with E-state index in [1.807, 2.05) is 18.2 Å². The molecule has 4 atom stereocenters. The van der Waals surface area contributed by atoms with Gasteiger partial charge in [-0.1, -0.05) is 30.3 Å². The van der Waals surface area contributed by atoms with Crippen LogP contribution in [0.15, 0.2) is 54.6 Å². The van der Waals surface area contributed by atoms with Crippen LogP contribution in [0.5, 0.6) is 28.7 Å². The van der Waals surface area contributed by atoms with Crippen molar-refractivity contribution < 1.29 is 38.4 Å². The maximum Gasteiger partial charge on any atom is 0.310 e. The molecule has 1 fully saturated rings. The predicted octanol–water partition coefficient (Wildman–Crippen LogP) is 2.88. The number of nitrogens with zero attached hydrogens (tertiary/aromatic N) is 4. The lowest BCUT2D eigenvalue weighted by molar-refractivity contribution is -0.141. The first-order valence-corrected chi connectivity index (χ1v) is 12.9. The molecule has 3 heterocycles. The Morgan fingerprint density at radius 3 is 2.34 bits per heavy atom. The summed E-state index contributed by atoms with van der Waals surface area (Å²) in [6.07, 6.45) is 0. The maximum atomic E-state index is 13.5. The van der Waals surface area contributed by atoms with Gasteiger partial charge in [-0.2, -0.15) is 0 Å². The van der Waals surface area contributed by atoms with Gasteiger partial charge in [0.05, 0.1) is 32.8 Å². The van der Waals surface area contributed by atoms with Gasteiger partial charge in [0.2, 0.25) is 24.2 Å². The zero-order valence-electron chi connectivity index (χ0n) is 22.0. The second-order valence-corrected chi connectivity index (χ2v) is 9.99. The molecule has 0 spiro atoms. The number of cyclic esters (lactones) is 1. The van der Waals surface area contributed by atoms with Gasteiger partial charge in [-0.05, 0) is 51.4 Å². The van der Waals surface area contributed by atoms with Gasteiger partial charge in [0, 0.05) is 17.4 Å². The van der Waals surface area contributed by atoms with E-state index in [0.717, 1.165) is 11.1 Å². The van der Waals surface area contributed by atoms with Gasteiger partial charge in [-0.3, -0.25) is 9.59 Å². The molecule has 12 nitrogen and oxygen atoms in total. The van der Waals surface area contributed by atoms with E-state index in [1.165, 1.54) is 18.9 Å². The van der Waals surface area contributed by atoms with Crippen molar-refractivity contribution in [1.82, 2.24) is 20.2 Å². The summed E-state index contributed by atoms with van der Waals surface area (Å²) in [7, 11) is 2.88. The lowest BCUT2D eigenvalue weighted by atomic mass is 9.65. The van der Waals surface area contributed by atoms with Crippen molar-refractivity contribution in [2.45, 2.75) is 12.0 Å². The number of carbonyl (C=O) groups is 2. The third-order valence-electron chi connectivity index (χ3n) is 8.00. The lowest BCUT2D eigenvalue weighted by Gasteiger charge is -2.39. The predicted molar refractivity (Wildman–Crippen MR) is 139 cm³/mol. The minimum atomic E-state index is -0.685. The number of ketones is 1. The first-order valence-electron chi connectivity index (χ1n) is 12.9. The number of methoxy groups -OCH3 is 2. The molecule has 1 aliphatic carbocycles. The van der Waals surface area contributed by atoms with Gasteiger partial charge in [0.25, 0.3) is 0 Å². The maximum absolute atomic E-state index is 13.5. The van der Waals surface area contributed by atoms with Crippen LogP contribution in [0.4, 0.5) is 0 Å². The first-order chi connectivity index (χ1) is 20.0. The molecule has 3 aromatic carbocycles. The minimum absolute atomic E-state index is 0.0364. The van der Waals surface area contributed by atoms with E-state index in [-0.39, 0.29) is 42.3 Å². The summed E-state index contributed by atoms with van der Waals surface area (Å²) in [6.45, 7) is 0.135. The Kier molecular flexibility index (Phi) is 5.77. The van der Waals surface area contributed by atoms with Crippen LogP contribution in [0.1, 0.15) is 44.8 Å². The Morgan fingerprint density at radius 2 is 1.66 bits per heavy atom. The fourth-order valence-electron chi connectivity index (χ4n) is 6.19. The van der Waals surface area contributed by atoms with Crippen molar-refractivity contribution in [3.8, 4) is 28.7 Å². The number of tetrazole rings is 1. The van der Waals surface area contributed by atoms with E-state index in [9.17, 15) is 14.7 Å². The monoisotopic (exact) mass is 556 g/mol. The number of phenolic OH excluding ortho intramolecular Hbond substituents is 1. The van der Waals surface area contributed by atoms with E-state index in [2.05, 4.69) is 15.5 Å². The summed E-state index contributed by atoms with van der Waals surface area (Å²) in [5.74, 6) is -1.09. The highest BCUT2D eigenvalue weighted by molar-refractivity contribution is 6.06. The minimum Gasteiger partial charge on any atom is -0.502 e. The van der Waals surface area contributed by atoms with Crippen molar-refractivity contribution in [2.75, 3.05) is 27.6 Å². The van der Waals surface area contributed by atoms with Crippen molar-refractivity contribution in [3.63, 3.8) is 0 Å². The van der Waals surface area contributed by atoms with Crippen LogP contribution < -0.4 is 18.9 Å². The van der Waals surface area contributed by atoms with E-state index >= 15 is 0 Å². The molecular formula is C29H24N4O8. The quantitative estimate of drug-likeness (QED) is 0.276. The highest BCUT2D eigenvalue weighted by Crippen LogP contribution is 2.56. The zero-order valence-corrected chi connectivity index (χ0v) is 22.0. The summed E-state index contributed by atoms with van der Waals surface area (Å²) >= 11 is 0. The average molecular weight is 557 g/mol. The number of esters is 1. The Bertz CT molecular complexity index is 1660. The van der Waals surface area contributed by atoms with Gasteiger partial charge in [-0.15, -0.1) is 5.10 Å². The zero-order chi connectivity index (χ0) is 28.2. The number of aromatic hydroxyl groups is 1. The normalized spacial score (nSPS) is 22.0. The number of ether oxygens (including phenoxy) is 5. The highest BCUT2D eigenvalue weighted by Gasteiger charge is 2.54. The number of carbonyl (C=O) groups excluding carboxylic acids is 2. The number of aromatic nitrogens is 4. The third kappa shape index (κ3) is 3.78. The SMILES string of the molecule is COc1cc([C@@H]2c3cc4c(cc3[C@@H](n3nnnc3C(=O)c3ccccc3)[C@H]3COC(=O)[C@H]23)OCO4)cc(OC)c1O. The molecule has 1 aromatic heterocycles. The van der Waals surface area contributed by atoms with Gasteiger partial charge >= 0.3 is 5.97 Å². The van der Waals surface area contributed by atoms with E-state index in [1.54, 1.807) is 36.4 Å². The number of hydrogen-bond donors (Lipinski definition) is 1. The Balaban J connectivity index is 1.45. The van der Waals surface area contributed by atoms with Crippen molar-refractivity contribution in [2.24, 2.45) is 11.8 Å². The molecule has 0 radical (unpaired) electrons. The summed E-state index contributed by atoms with van der Waals surface area (Å²) in [6, 6.07) is 15.2. The highest BCUT2D eigenvalue weighted by atomic mass is 16.7. The topological polar surface area (TPSA) is 144 Å². The van der Waals surface area contributed by atoms with Crippen LogP contribution in [0.2, 0.25) is 0 Å². The van der Waals surface area contributed by atoms with Crippen molar-refractivity contribution in [3.05, 3.63) is 82.7 Å². The molecule has 7 rings (SSSR count). The van der Waals surface area contributed by atoms with E-state index < -0.39 is 29.8 Å². The Hall–Kier alpha value is -5.13. The number of benzene rings is 3. The van der Waals surface area contributed by atoms with E-state index in [4.69, 9.17) is 23.7 Å². The molecule has 0 unspecified atom stereocenters. The van der Waals surface area contributed by atoms with Gasteiger partial charge in [0.1, 0.15) is 0 Å². The summed E-state index contributed by atoms with van der Waals surface area (Å²) in [4.78, 5) is 27.0. The molecule has 41 heavy (non-hydrogen) atoms. The van der Waals surface area contributed by atoms with E-state index in [0.29, 0.717) is 22.6 Å². The summed E-state index contributed by atoms with van der Waals surface area (Å²) in [5, 5.41) is 22.8. The lowest BCUT2D eigenvalue weighted by Crippen LogP contribution is -2.39. The second kappa shape index (κ2) is 9.51. The third-order valence-corrected chi connectivity index (χ3v) is 8.00. The largest absolute Gasteiger partial charge is 0.502 e. The molecule has 0 amide bonds. The van der Waals surface area contributed by atoms with Crippen LogP contribution >= 0.6 is 0 Å². The standard InChI is InChI=1S/C29H24N4O8/c1-37-21-8-15(9-22(38-2)27(21)35)23-16-10-19-20(41-13-40-19)11-17(16)25(18-12-39-29(36)24(18)23)33-28(30-31-32-33)26(34)14-6-4-3-5-7-14/h3-11,18,23-25,35H,12-13H2,1-2H3/t18-,23+,24-,25+/m0/s1. The van der Waals surface area contributed by atoms with Crippen molar-refractivity contribution in [1.29, 1.82) is 0 Å². The number of hydrogen-bond acceptors (Lipinski definition) is 11. The molecule has 2 aliphatic heterocycles. The Labute approximate surface area is 233 Å². The number of phenols is 1. The van der Waals surface area contributed by atoms with Gasteiger partial charge < -0.3 is 28.8 Å². The molecule has 1 saturated heterocycles. The fraction of sp³-hybridized carbons (Fsp3) is 0.276. The average Bonchev–Trinajstić information content (AvgIpc) is 3.76. The van der Waals surface area contributed by atoms with Gasteiger partial charge in [0.15, 0.2) is 23.0 Å². The molecule has 1 N–H and O–H groups in total. The van der Waals surface area contributed by atoms with Crippen LogP contribution in [0.25, 0.3) is 0 Å².